The van der Waals surface area contributed by atoms with Crippen molar-refractivity contribution in [2.75, 3.05) is 39.1 Å². The molecule has 1 aromatic rings. The molecule has 0 spiro atoms. The summed E-state index contributed by atoms with van der Waals surface area (Å²) in [5, 5.41) is 0. The SMILES string of the molecule is C[C@@H](N)c1cc(F)ccc1N(C)CCCN(C)C. The fourth-order valence-corrected chi connectivity index (χ4v) is 1.98. The molecule has 1 atom stereocenters. The Balaban J connectivity index is 2.75. The Morgan fingerprint density at radius 2 is 1.89 bits per heavy atom. The molecule has 0 bridgehead atoms. The Hall–Kier alpha value is -1.13. The van der Waals surface area contributed by atoms with Gasteiger partial charge in [0.1, 0.15) is 5.82 Å². The van der Waals surface area contributed by atoms with Crippen LogP contribution in [0.5, 0.6) is 0 Å². The third-order valence-corrected chi connectivity index (χ3v) is 2.99. The maximum absolute atomic E-state index is 13.2. The van der Waals surface area contributed by atoms with Crippen LogP contribution in [0.3, 0.4) is 0 Å². The molecule has 0 aliphatic heterocycles. The normalized spacial score (nSPS) is 12.8. The summed E-state index contributed by atoms with van der Waals surface area (Å²) in [4.78, 5) is 4.30. The standard InChI is InChI=1S/C14H24FN3/c1-11(16)13-10-12(15)6-7-14(13)18(4)9-5-8-17(2)3/h6-7,10-11H,5,8-9,16H2,1-4H3/t11-/m1/s1. The number of rotatable bonds is 6. The minimum atomic E-state index is -0.229. The van der Waals surface area contributed by atoms with E-state index < -0.39 is 0 Å². The van der Waals surface area contributed by atoms with E-state index >= 15 is 0 Å². The molecule has 0 unspecified atom stereocenters. The average Bonchev–Trinajstić information content (AvgIpc) is 2.28. The molecule has 1 aromatic carbocycles. The zero-order valence-electron chi connectivity index (χ0n) is 11.8. The van der Waals surface area contributed by atoms with Crippen LogP contribution >= 0.6 is 0 Å². The number of benzene rings is 1. The lowest BCUT2D eigenvalue weighted by molar-refractivity contribution is 0.401. The van der Waals surface area contributed by atoms with Gasteiger partial charge in [-0.25, -0.2) is 4.39 Å². The Morgan fingerprint density at radius 3 is 2.44 bits per heavy atom. The fraction of sp³-hybridized carbons (Fsp3) is 0.571. The highest BCUT2D eigenvalue weighted by atomic mass is 19.1. The average molecular weight is 253 g/mol. The van der Waals surface area contributed by atoms with E-state index in [1.807, 2.05) is 20.0 Å². The van der Waals surface area contributed by atoms with Gasteiger partial charge in [0.2, 0.25) is 0 Å². The molecule has 0 aliphatic carbocycles. The van der Waals surface area contributed by atoms with Crippen molar-refractivity contribution in [3.05, 3.63) is 29.6 Å². The van der Waals surface area contributed by atoms with Gasteiger partial charge in [0.05, 0.1) is 0 Å². The first-order valence-electron chi connectivity index (χ1n) is 6.32. The zero-order chi connectivity index (χ0) is 13.7. The van der Waals surface area contributed by atoms with E-state index in [4.69, 9.17) is 5.73 Å². The Labute approximate surface area is 109 Å². The van der Waals surface area contributed by atoms with Crippen LogP contribution in [0.15, 0.2) is 18.2 Å². The molecule has 4 heteroatoms. The maximum Gasteiger partial charge on any atom is 0.123 e. The molecule has 0 aliphatic rings. The number of halogens is 1. The summed E-state index contributed by atoms with van der Waals surface area (Å²) >= 11 is 0. The molecule has 0 radical (unpaired) electrons. The predicted octanol–water partition coefficient (Wildman–Crippen LogP) is 2.23. The van der Waals surface area contributed by atoms with Crippen LogP contribution in [0.4, 0.5) is 10.1 Å². The van der Waals surface area contributed by atoms with Gasteiger partial charge >= 0.3 is 0 Å². The van der Waals surface area contributed by atoms with Crippen LogP contribution in [0.2, 0.25) is 0 Å². The largest absolute Gasteiger partial charge is 0.374 e. The highest BCUT2D eigenvalue weighted by molar-refractivity contribution is 5.54. The summed E-state index contributed by atoms with van der Waals surface area (Å²) in [6, 6.07) is 4.67. The number of hydrogen-bond donors (Lipinski definition) is 1. The van der Waals surface area contributed by atoms with E-state index in [9.17, 15) is 4.39 Å². The Kier molecular flexibility index (Phi) is 5.56. The first-order chi connectivity index (χ1) is 8.41. The highest BCUT2D eigenvalue weighted by Gasteiger charge is 2.11. The van der Waals surface area contributed by atoms with Crippen molar-refractivity contribution in [1.82, 2.24) is 4.90 Å². The molecular weight excluding hydrogens is 229 g/mol. The summed E-state index contributed by atoms with van der Waals surface area (Å²) in [6.07, 6.45) is 1.07. The lowest BCUT2D eigenvalue weighted by atomic mass is 10.1. The third-order valence-electron chi connectivity index (χ3n) is 2.99. The van der Waals surface area contributed by atoms with Crippen molar-refractivity contribution in [3.63, 3.8) is 0 Å². The molecule has 2 N–H and O–H groups in total. The van der Waals surface area contributed by atoms with Crippen LogP contribution in [0.1, 0.15) is 24.9 Å². The van der Waals surface area contributed by atoms with Gasteiger partial charge in [-0.1, -0.05) is 0 Å². The van der Waals surface area contributed by atoms with Crippen LogP contribution < -0.4 is 10.6 Å². The molecular formula is C14H24FN3. The second-order valence-corrected chi connectivity index (χ2v) is 5.07. The first-order valence-corrected chi connectivity index (χ1v) is 6.32. The summed E-state index contributed by atoms with van der Waals surface area (Å²) in [7, 11) is 6.14. The molecule has 3 nitrogen and oxygen atoms in total. The van der Waals surface area contributed by atoms with Gasteiger partial charge in [0.25, 0.3) is 0 Å². The van der Waals surface area contributed by atoms with Crippen LogP contribution in [-0.4, -0.2) is 39.1 Å². The monoisotopic (exact) mass is 253 g/mol. The smallest absolute Gasteiger partial charge is 0.123 e. The molecule has 0 fully saturated rings. The number of hydrogen-bond acceptors (Lipinski definition) is 3. The van der Waals surface area contributed by atoms with Crippen molar-refractivity contribution < 1.29 is 4.39 Å². The molecule has 0 amide bonds. The summed E-state index contributed by atoms with van der Waals surface area (Å²) in [5.41, 5.74) is 7.78. The van der Waals surface area contributed by atoms with Gasteiger partial charge in [-0.2, -0.15) is 0 Å². The molecule has 0 heterocycles. The lowest BCUT2D eigenvalue weighted by Gasteiger charge is -2.24. The van der Waals surface area contributed by atoms with Gasteiger partial charge < -0.3 is 15.5 Å². The number of nitrogens with zero attached hydrogens (tertiary/aromatic N) is 2. The van der Waals surface area contributed by atoms with E-state index in [1.54, 1.807) is 0 Å². The summed E-state index contributed by atoms with van der Waals surface area (Å²) < 4.78 is 13.2. The molecule has 102 valence electrons. The van der Waals surface area contributed by atoms with Crippen LogP contribution in [0.25, 0.3) is 0 Å². The molecule has 0 aromatic heterocycles. The van der Waals surface area contributed by atoms with Gasteiger partial charge in [0.15, 0.2) is 0 Å². The predicted molar refractivity (Wildman–Crippen MR) is 75.4 cm³/mol. The fourth-order valence-electron chi connectivity index (χ4n) is 1.98. The summed E-state index contributed by atoms with van der Waals surface area (Å²) in [6.45, 7) is 3.86. The van der Waals surface area contributed by atoms with Crippen molar-refractivity contribution in [2.45, 2.75) is 19.4 Å². The topological polar surface area (TPSA) is 32.5 Å². The van der Waals surface area contributed by atoms with Gasteiger partial charge in [0, 0.05) is 25.3 Å². The Bertz CT molecular complexity index is 377. The lowest BCUT2D eigenvalue weighted by Crippen LogP contribution is -2.25. The molecule has 0 saturated carbocycles. The molecule has 18 heavy (non-hydrogen) atoms. The van der Waals surface area contributed by atoms with E-state index in [0.717, 1.165) is 30.8 Å². The van der Waals surface area contributed by atoms with Crippen molar-refractivity contribution in [3.8, 4) is 0 Å². The van der Waals surface area contributed by atoms with E-state index in [1.165, 1.54) is 12.1 Å². The van der Waals surface area contributed by atoms with Crippen molar-refractivity contribution >= 4 is 5.69 Å². The summed E-state index contributed by atoms with van der Waals surface area (Å²) in [5.74, 6) is -0.229. The number of anilines is 1. The van der Waals surface area contributed by atoms with Gasteiger partial charge in [-0.15, -0.1) is 0 Å². The van der Waals surface area contributed by atoms with E-state index in [0.29, 0.717) is 0 Å². The minimum absolute atomic E-state index is 0.160. The third kappa shape index (κ3) is 4.27. The van der Waals surface area contributed by atoms with Gasteiger partial charge in [-0.3, -0.25) is 0 Å². The second-order valence-electron chi connectivity index (χ2n) is 5.07. The molecule has 1 rings (SSSR count). The second kappa shape index (κ2) is 6.71. The van der Waals surface area contributed by atoms with Crippen molar-refractivity contribution in [1.29, 1.82) is 0 Å². The highest BCUT2D eigenvalue weighted by Crippen LogP contribution is 2.25. The number of nitrogens with two attached hydrogens (primary N) is 1. The Morgan fingerprint density at radius 1 is 1.22 bits per heavy atom. The zero-order valence-corrected chi connectivity index (χ0v) is 11.8. The maximum atomic E-state index is 13.2. The van der Waals surface area contributed by atoms with Gasteiger partial charge in [-0.05, 0) is 57.7 Å². The van der Waals surface area contributed by atoms with Crippen LogP contribution in [-0.2, 0) is 0 Å². The minimum Gasteiger partial charge on any atom is -0.374 e. The van der Waals surface area contributed by atoms with E-state index in [-0.39, 0.29) is 11.9 Å². The quantitative estimate of drug-likeness (QED) is 0.844. The van der Waals surface area contributed by atoms with Crippen molar-refractivity contribution in [2.24, 2.45) is 5.73 Å². The first kappa shape index (κ1) is 14.9. The van der Waals surface area contributed by atoms with Crippen LogP contribution in [0, 0.1) is 5.82 Å². The van der Waals surface area contributed by atoms with E-state index in [2.05, 4.69) is 23.9 Å². The molecule has 0 saturated heterocycles.